The van der Waals surface area contributed by atoms with Crippen LogP contribution in [0.1, 0.15) is 23.2 Å². The number of hydrogen-bond acceptors (Lipinski definition) is 5. The molecule has 1 aliphatic carbocycles. The van der Waals surface area contributed by atoms with E-state index in [1.54, 1.807) is 13.1 Å². The molecule has 1 atom stereocenters. The maximum atomic E-state index is 12.1. The van der Waals surface area contributed by atoms with Crippen LogP contribution in [0.2, 0.25) is 0 Å². The highest BCUT2D eigenvalue weighted by molar-refractivity contribution is 5.82. The van der Waals surface area contributed by atoms with Crippen LogP contribution in [-0.4, -0.2) is 34.4 Å². The molecule has 0 fully saturated rings. The first-order valence-electron chi connectivity index (χ1n) is 8.81. The van der Waals surface area contributed by atoms with Gasteiger partial charge in [-0.2, -0.15) is 5.10 Å². The van der Waals surface area contributed by atoms with E-state index in [2.05, 4.69) is 15.7 Å². The normalized spacial score (nSPS) is 15.5. The largest absolute Gasteiger partial charge is 0.445 e. The summed E-state index contributed by atoms with van der Waals surface area (Å²) in [6.45, 7) is -0.0125. The second-order valence-electron chi connectivity index (χ2n) is 6.50. The van der Waals surface area contributed by atoms with E-state index in [1.807, 2.05) is 30.3 Å². The third-order valence-corrected chi connectivity index (χ3v) is 4.43. The molecule has 0 spiro atoms. The number of aryl methyl sites for hydroxylation is 2. The van der Waals surface area contributed by atoms with Gasteiger partial charge in [-0.15, -0.1) is 0 Å². The van der Waals surface area contributed by atoms with E-state index in [4.69, 9.17) is 4.74 Å². The number of benzene rings is 1. The SMILES string of the molecule is Cn1nc2c(cc1=O)CC(NC(=O)CNC(=O)OCc1ccccc1)CC2. The molecule has 2 amide bonds. The first-order chi connectivity index (χ1) is 13.0. The lowest BCUT2D eigenvalue weighted by Gasteiger charge is -2.24. The molecule has 3 rings (SSSR count). The van der Waals surface area contributed by atoms with Crippen LogP contribution in [-0.2, 0) is 36.0 Å². The molecule has 8 heteroatoms. The smallest absolute Gasteiger partial charge is 0.407 e. The summed E-state index contributed by atoms with van der Waals surface area (Å²) in [5.41, 5.74) is 2.47. The minimum atomic E-state index is -0.643. The molecular weight excluding hydrogens is 348 g/mol. The zero-order valence-electron chi connectivity index (χ0n) is 15.1. The molecule has 8 nitrogen and oxygen atoms in total. The lowest BCUT2D eigenvalue weighted by atomic mass is 9.92. The number of nitrogens with zero attached hydrogens (tertiary/aromatic N) is 2. The minimum Gasteiger partial charge on any atom is -0.445 e. The topological polar surface area (TPSA) is 102 Å². The molecule has 1 aromatic heterocycles. The van der Waals surface area contributed by atoms with Crippen LogP contribution in [0.3, 0.4) is 0 Å². The molecule has 2 N–H and O–H groups in total. The van der Waals surface area contributed by atoms with Crippen LogP contribution in [0.4, 0.5) is 4.79 Å². The average molecular weight is 370 g/mol. The summed E-state index contributed by atoms with van der Waals surface area (Å²) in [6.07, 6.45) is 1.35. The molecule has 0 aliphatic heterocycles. The standard InChI is InChI=1S/C19H22N4O4/c1-23-18(25)10-14-9-15(7-8-16(14)22-23)21-17(24)11-20-19(26)27-12-13-5-3-2-4-6-13/h2-6,10,15H,7-9,11-12H2,1H3,(H,20,26)(H,21,24). The van der Waals surface area contributed by atoms with E-state index >= 15 is 0 Å². The van der Waals surface area contributed by atoms with E-state index in [0.29, 0.717) is 12.8 Å². The predicted octanol–water partition coefficient (Wildman–Crippen LogP) is 0.680. The summed E-state index contributed by atoms with van der Waals surface area (Å²) in [4.78, 5) is 35.5. The van der Waals surface area contributed by atoms with Gasteiger partial charge in [0, 0.05) is 19.2 Å². The summed E-state index contributed by atoms with van der Waals surface area (Å²) >= 11 is 0. The third kappa shape index (κ3) is 5.16. The molecule has 2 aromatic rings. The molecule has 0 saturated heterocycles. The summed E-state index contributed by atoms with van der Waals surface area (Å²) in [7, 11) is 1.62. The van der Waals surface area contributed by atoms with Crippen molar-refractivity contribution in [1.82, 2.24) is 20.4 Å². The highest BCUT2D eigenvalue weighted by atomic mass is 16.5. The molecule has 1 heterocycles. The number of alkyl carbamates (subject to hydrolysis) is 1. The van der Waals surface area contributed by atoms with Crippen LogP contribution >= 0.6 is 0 Å². The Hall–Kier alpha value is -3.16. The molecule has 1 unspecified atom stereocenters. The lowest BCUT2D eigenvalue weighted by molar-refractivity contribution is -0.121. The monoisotopic (exact) mass is 370 g/mol. The van der Waals surface area contributed by atoms with E-state index in [0.717, 1.165) is 23.2 Å². The Labute approximate surface area is 156 Å². The molecule has 27 heavy (non-hydrogen) atoms. The Balaban J connectivity index is 1.42. The Morgan fingerprint density at radius 3 is 2.85 bits per heavy atom. The first-order valence-corrected chi connectivity index (χ1v) is 8.81. The Kier molecular flexibility index (Phi) is 5.85. The van der Waals surface area contributed by atoms with Crippen molar-refractivity contribution in [2.45, 2.75) is 31.9 Å². The third-order valence-electron chi connectivity index (χ3n) is 4.43. The lowest BCUT2D eigenvalue weighted by Crippen LogP contribution is -2.44. The van der Waals surface area contributed by atoms with E-state index in [9.17, 15) is 14.4 Å². The maximum Gasteiger partial charge on any atom is 0.407 e. The number of carbonyl (C=O) groups excluding carboxylic acids is 2. The van der Waals surface area contributed by atoms with Crippen molar-refractivity contribution in [2.24, 2.45) is 7.05 Å². The number of rotatable bonds is 5. The number of hydrogen-bond donors (Lipinski definition) is 2. The van der Waals surface area contributed by atoms with E-state index in [-0.39, 0.29) is 30.7 Å². The quantitative estimate of drug-likeness (QED) is 0.806. The number of aromatic nitrogens is 2. The Morgan fingerprint density at radius 1 is 1.30 bits per heavy atom. The average Bonchev–Trinajstić information content (AvgIpc) is 2.67. The van der Waals surface area contributed by atoms with Crippen LogP contribution in [0, 0.1) is 0 Å². The van der Waals surface area contributed by atoms with Gasteiger partial charge in [0.25, 0.3) is 5.56 Å². The van der Waals surface area contributed by atoms with Gasteiger partial charge < -0.3 is 15.4 Å². The van der Waals surface area contributed by atoms with Gasteiger partial charge in [0.15, 0.2) is 0 Å². The second-order valence-corrected chi connectivity index (χ2v) is 6.50. The van der Waals surface area contributed by atoms with E-state index in [1.165, 1.54) is 4.68 Å². The van der Waals surface area contributed by atoms with Gasteiger partial charge in [-0.25, -0.2) is 9.48 Å². The van der Waals surface area contributed by atoms with Crippen molar-refractivity contribution in [3.05, 3.63) is 63.6 Å². The van der Waals surface area contributed by atoms with Gasteiger partial charge in [0.2, 0.25) is 5.91 Å². The first kappa shape index (κ1) is 18.6. The maximum absolute atomic E-state index is 12.1. The van der Waals surface area contributed by atoms with Gasteiger partial charge in [-0.3, -0.25) is 9.59 Å². The van der Waals surface area contributed by atoms with Crippen molar-refractivity contribution in [3.8, 4) is 0 Å². The molecule has 1 aromatic carbocycles. The van der Waals surface area contributed by atoms with Crippen molar-refractivity contribution in [2.75, 3.05) is 6.54 Å². The number of carbonyl (C=O) groups is 2. The molecule has 0 saturated carbocycles. The molecular formula is C19H22N4O4. The highest BCUT2D eigenvalue weighted by Crippen LogP contribution is 2.17. The zero-order valence-corrected chi connectivity index (χ0v) is 15.1. The molecule has 0 bridgehead atoms. The summed E-state index contributed by atoms with van der Waals surface area (Å²) < 4.78 is 6.39. The second kappa shape index (κ2) is 8.48. The van der Waals surface area contributed by atoms with Gasteiger partial charge in [0.1, 0.15) is 13.2 Å². The minimum absolute atomic E-state index is 0.0824. The van der Waals surface area contributed by atoms with Gasteiger partial charge in [-0.05, 0) is 30.4 Å². The molecule has 1 aliphatic rings. The van der Waals surface area contributed by atoms with E-state index < -0.39 is 6.09 Å². The fourth-order valence-corrected chi connectivity index (χ4v) is 3.01. The Bertz CT molecular complexity index is 879. The van der Waals surface area contributed by atoms with Crippen molar-refractivity contribution in [1.29, 1.82) is 0 Å². The number of amides is 2. The van der Waals surface area contributed by atoms with Crippen LogP contribution in [0.25, 0.3) is 0 Å². The number of fused-ring (bicyclic) bond motifs is 1. The van der Waals surface area contributed by atoms with Crippen molar-refractivity contribution >= 4 is 12.0 Å². The van der Waals surface area contributed by atoms with Crippen molar-refractivity contribution in [3.63, 3.8) is 0 Å². The van der Waals surface area contributed by atoms with Gasteiger partial charge >= 0.3 is 6.09 Å². The fraction of sp³-hybridized carbons (Fsp3) is 0.368. The highest BCUT2D eigenvalue weighted by Gasteiger charge is 2.22. The molecule has 0 radical (unpaired) electrons. The fourth-order valence-electron chi connectivity index (χ4n) is 3.01. The Morgan fingerprint density at radius 2 is 2.07 bits per heavy atom. The summed E-state index contributed by atoms with van der Waals surface area (Å²) in [5, 5.41) is 9.57. The van der Waals surface area contributed by atoms with Crippen molar-refractivity contribution < 1.29 is 14.3 Å². The number of nitrogens with one attached hydrogen (secondary N) is 2. The summed E-state index contributed by atoms with van der Waals surface area (Å²) in [5.74, 6) is -0.295. The van der Waals surface area contributed by atoms with Gasteiger partial charge in [0.05, 0.1) is 5.69 Å². The zero-order chi connectivity index (χ0) is 19.2. The predicted molar refractivity (Wildman–Crippen MR) is 98.1 cm³/mol. The van der Waals surface area contributed by atoms with Crippen LogP contribution < -0.4 is 16.2 Å². The summed E-state index contributed by atoms with van der Waals surface area (Å²) in [6, 6.07) is 10.8. The van der Waals surface area contributed by atoms with Gasteiger partial charge in [-0.1, -0.05) is 30.3 Å². The van der Waals surface area contributed by atoms with Crippen LogP contribution in [0.15, 0.2) is 41.2 Å². The van der Waals surface area contributed by atoms with Crippen LogP contribution in [0.5, 0.6) is 0 Å². The molecule has 142 valence electrons. The number of ether oxygens (including phenoxy) is 1.